The molecule has 0 atom stereocenters. The van der Waals surface area contributed by atoms with Gasteiger partial charge in [0, 0.05) is 24.8 Å². The van der Waals surface area contributed by atoms with Gasteiger partial charge in [-0.25, -0.2) is 0 Å². The fraction of sp³-hybridized carbons (Fsp3) is 0.278. The average molecular weight is 343 g/mol. The molecule has 3 N–H and O–H groups in total. The maximum atomic E-state index is 12.1. The van der Waals surface area contributed by atoms with E-state index in [4.69, 9.17) is 9.84 Å². The molecule has 132 valence electrons. The van der Waals surface area contributed by atoms with Gasteiger partial charge in [-0.05, 0) is 17.7 Å². The van der Waals surface area contributed by atoms with Crippen molar-refractivity contribution in [1.29, 1.82) is 0 Å². The molecule has 0 aliphatic heterocycles. The van der Waals surface area contributed by atoms with Crippen molar-refractivity contribution in [3.63, 3.8) is 0 Å². The molecule has 2 rings (SSSR count). The van der Waals surface area contributed by atoms with Crippen LogP contribution in [-0.2, 0) is 11.3 Å². The first-order valence-electron chi connectivity index (χ1n) is 7.95. The number of amides is 2. The van der Waals surface area contributed by atoms with Crippen LogP contribution in [0.3, 0.4) is 0 Å². The lowest BCUT2D eigenvalue weighted by molar-refractivity contribution is 0.0900. The van der Waals surface area contributed by atoms with Crippen molar-refractivity contribution in [2.45, 2.75) is 6.61 Å². The number of aliphatic hydroxyl groups is 1. The van der Waals surface area contributed by atoms with Gasteiger partial charge in [-0.3, -0.25) is 14.6 Å². The molecule has 2 amide bonds. The van der Waals surface area contributed by atoms with Crippen molar-refractivity contribution in [3.05, 3.63) is 65.5 Å². The number of ether oxygens (including phenoxy) is 1. The van der Waals surface area contributed by atoms with E-state index in [1.165, 1.54) is 18.3 Å². The lowest BCUT2D eigenvalue weighted by Gasteiger charge is -2.08. The van der Waals surface area contributed by atoms with Crippen molar-refractivity contribution >= 4 is 11.8 Å². The third-order valence-corrected chi connectivity index (χ3v) is 3.30. The van der Waals surface area contributed by atoms with Crippen LogP contribution < -0.4 is 10.6 Å². The van der Waals surface area contributed by atoms with E-state index in [0.717, 1.165) is 5.56 Å². The SMILES string of the molecule is O=C(NCCOCc1ccccc1)c1ccnc(C(=O)NCCO)c1. The van der Waals surface area contributed by atoms with Gasteiger partial charge in [0.1, 0.15) is 5.69 Å². The molecular weight excluding hydrogens is 322 g/mol. The van der Waals surface area contributed by atoms with Crippen molar-refractivity contribution in [3.8, 4) is 0 Å². The molecule has 7 nitrogen and oxygen atoms in total. The molecule has 0 fully saturated rings. The minimum absolute atomic E-state index is 0.126. The van der Waals surface area contributed by atoms with Crippen LogP contribution in [0.1, 0.15) is 26.4 Å². The Kier molecular flexibility index (Phi) is 7.55. The largest absolute Gasteiger partial charge is 0.395 e. The van der Waals surface area contributed by atoms with E-state index in [-0.39, 0.29) is 24.8 Å². The molecule has 2 aromatic rings. The second-order valence-electron chi connectivity index (χ2n) is 5.20. The van der Waals surface area contributed by atoms with Crippen molar-refractivity contribution in [1.82, 2.24) is 15.6 Å². The molecule has 0 saturated heterocycles. The number of nitrogens with zero attached hydrogens (tertiary/aromatic N) is 1. The third-order valence-electron chi connectivity index (χ3n) is 3.30. The van der Waals surface area contributed by atoms with Gasteiger partial charge in [0.15, 0.2) is 0 Å². The summed E-state index contributed by atoms with van der Waals surface area (Å²) in [5.74, 6) is -0.739. The number of aliphatic hydroxyl groups excluding tert-OH is 1. The van der Waals surface area contributed by atoms with Gasteiger partial charge in [-0.2, -0.15) is 0 Å². The van der Waals surface area contributed by atoms with Gasteiger partial charge in [0.05, 0.1) is 19.8 Å². The molecule has 1 aromatic heterocycles. The average Bonchev–Trinajstić information content (AvgIpc) is 2.66. The van der Waals surface area contributed by atoms with Gasteiger partial charge in [0.2, 0.25) is 0 Å². The number of carbonyl (C=O) groups is 2. The van der Waals surface area contributed by atoms with E-state index in [1.807, 2.05) is 30.3 Å². The smallest absolute Gasteiger partial charge is 0.269 e. The summed E-state index contributed by atoms with van der Waals surface area (Å²) in [7, 11) is 0. The Labute approximate surface area is 146 Å². The second-order valence-corrected chi connectivity index (χ2v) is 5.20. The number of aromatic nitrogens is 1. The van der Waals surface area contributed by atoms with Gasteiger partial charge >= 0.3 is 0 Å². The van der Waals surface area contributed by atoms with Crippen molar-refractivity contribution in [2.75, 3.05) is 26.3 Å². The predicted molar refractivity (Wildman–Crippen MR) is 92.1 cm³/mol. The summed E-state index contributed by atoms with van der Waals surface area (Å²) in [6.07, 6.45) is 1.40. The number of pyridine rings is 1. The summed E-state index contributed by atoms with van der Waals surface area (Å²) in [6, 6.07) is 12.7. The molecule has 7 heteroatoms. The van der Waals surface area contributed by atoms with Crippen LogP contribution >= 0.6 is 0 Å². The standard InChI is InChI=1S/C18H21N3O4/c22-10-8-20-18(24)16-12-15(6-7-19-16)17(23)21-9-11-25-13-14-4-2-1-3-5-14/h1-7,12,22H,8-11,13H2,(H,20,24)(H,21,23). The van der Waals surface area contributed by atoms with E-state index >= 15 is 0 Å². The van der Waals surface area contributed by atoms with Crippen LogP contribution in [0.25, 0.3) is 0 Å². The highest BCUT2D eigenvalue weighted by molar-refractivity contribution is 5.98. The zero-order valence-electron chi connectivity index (χ0n) is 13.8. The van der Waals surface area contributed by atoms with E-state index in [0.29, 0.717) is 25.3 Å². The third kappa shape index (κ3) is 6.33. The maximum Gasteiger partial charge on any atom is 0.269 e. The lowest BCUT2D eigenvalue weighted by Crippen LogP contribution is -2.29. The molecule has 0 bridgehead atoms. The van der Waals surface area contributed by atoms with E-state index in [2.05, 4.69) is 15.6 Å². The Morgan fingerprint density at radius 2 is 1.80 bits per heavy atom. The summed E-state index contributed by atoms with van der Waals surface area (Å²) < 4.78 is 5.50. The molecule has 0 spiro atoms. The van der Waals surface area contributed by atoms with Crippen LogP contribution in [0.15, 0.2) is 48.7 Å². The van der Waals surface area contributed by atoms with Gasteiger partial charge in [0.25, 0.3) is 11.8 Å². The zero-order valence-corrected chi connectivity index (χ0v) is 13.8. The summed E-state index contributed by atoms with van der Waals surface area (Å²) in [6.45, 7) is 1.21. The fourth-order valence-electron chi connectivity index (χ4n) is 2.06. The Morgan fingerprint density at radius 1 is 1.04 bits per heavy atom. The van der Waals surface area contributed by atoms with Crippen LogP contribution in [0.4, 0.5) is 0 Å². The monoisotopic (exact) mass is 343 g/mol. The zero-order chi connectivity index (χ0) is 17.9. The van der Waals surface area contributed by atoms with Gasteiger partial charge in [-0.15, -0.1) is 0 Å². The first kappa shape index (κ1) is 18.6. The molecule has 1 heterocycles. The summed E-state index contributed by atoms with van der Waals surface area (Å²) in [5, 5.41) is 13.9. The van der Waals surface area contributed by atoms with E-state index < -0.39 is 5.91 Å². The second kappa shape index (κ2) is 10.2. The Morgan fingerprint density at radius 3 is 2.56 bits per heavy atom. The molecule has 0 radical (unpaired) electrons. The summed E-state index contributed by atoms with van der Waals surface area (Å²) in [5.41, 5.74) is 1.54. The van der Waals surface area contributed by atoms with Crippen molar-refractivity contribution in [2.24, 2.45) is 0 Å². The molecule has 0 unspecified atom stereocenters. The lowest BCUT2D eigenvalue weighted by atomic mass is 10.2. The number of carbonyl (C=O) groups excluding carboxylic acids is 2. The fourth-order valence-corrected chi connectivity index (χ4v) is 2.06. The maximum absolute atomic E-state index is 12.1. The van der Waals surface area contributed by atoms with Gasteiger partial charge < -0.3 is 20.5 Å². The number of nitrogens with one attached hydrogen (secondary N) is 2. The van der Waals surface area contributed by atoms with Crippen LogP contribution in [0, 0.1) is 0 Å². The molecule has 0 saturated carbocycles. The summed E-state index contributed by atoms with van der Waals surface area (Å²) >= 11 is 0. The molecular formula is C18H21N3O4. The van der Waals surface area contributed by atoms with E-state index in [9.17, 15) is 9.59 Å². The Hall–Kier alpha value is -2.77. The number of benzene rings is 1. The van der Waals surface area contributed by atoms with Gasteiger partial charge in [-0.1, -0.05) is 30.3 Å². The van der Waals surface area contributed by atoms with Crippen LogP contribution in [0.5, 0.6) is 0 Å². The first-order chi connectivity index (χ1) is 12.2. The molecule has 0 aliphatic rings. The van der Waals surface area contributed by atoms with Crippen molar-refractivity contribution < 1.29 is 19.4 Å². The summed E-state index contributed by atoms with van der Waals surface area (Å²) in [4.78, 5) is 27.8. The minimum atomic E-state index is -0.435. The highest BCUT2D eigenvalue weighted by atomic mass is 16.5. The normalized spacial score (nSPS) is 10.3. The van der Waals surface area contributed by atoms with Crippen LogP contribution in [-0.4, -0.2) is 48.2 Å². The molecule has 0 aliphatic carbocycles. The predicted octanol–water partition coefficient (Wildman–Crippen LogP) is 0.750. The van der Waals surface area contributed by atoms with E-state index in [1.54, 1.807) is 0 Å². The molecule has 1 aromatic carbocycles. The number of rotatable bonds is 9. The topological polar surface area (TPSA) is 101 Å². The first-order valence-corrected chi connectivity index (χ1v) is 7.95. The molecule has 25 heavy (non-hydrogen) atoms. The Balaban J connectivity index is 1.76. The Bertz CT molecular complexity index is 692. The quantitative estimate of drug-likeness (QED) is 0.583. The minimum Gasteiger partial charge on any atom is -0.395 e. The number of hydrogen-bond acceptors (Lipinski definition) is 5. The van der Waals surface area contributed by atoms with Crippen LogP contribution in [0.2, 0.25) is 0 Å². The highest BCUT2D eigenvalue weighted by Gasteiger charge is 2.11. The highest BCUT2D eigenvalue weighted by Crippen LogP contribution is 2.03. The number of hydrogen-bond donors (Lipinski definition) is 3.